The van der Waals surface area contributed by atoms with Crippen LogP contribution in [0.2, 0.25) is 0 Å². The van der Waals surface area contributed by atoms with E-state index < -0.39 is 4.92 Å². The third-order valence-electron chi connectivity index (χ3n) is 0.691. The fourth-order valence-corrected chi connectivity index (χ4v) is 0.863. The van der Waals surface area contributed by atoms with E-state index >= 15 is 0 Å². The summed E-state index contributed by atoms with van der Waals surface area (Å²) in [4.78, 5) is 13.1. The molecule has 0 aliphatic heterocycles. The Kier molecular flexibility index (Phi) is 1.48. The molecule has 0 aromatic carbocycles. The zero-order valence-corrected chi connectivity index (χ0v) is 5.09. The first-order valence-corrected chi connectivity index (χ1v) is 2.87. The summed E-state index contributed by atoms with van der Waals surface area (Å²) < 4.78 is 0. The van der Waals surface area contributed by atoms with Gasteiger partial charge in [0, 0.05) is 4.91 Å². The molecule has 44 valence electrons. The largest absolute Gasteiger partial charge is 0.343 e. The summed E-state index contributed by atoms with van der Waals surface area (Å²) in [7, 11) is 5.12. The second kappa shape index (κ2) is 2.14. The Bertz CT molecular complexity index is 235. The van der Waals surface area contributed by atoms with Crippen LogP contribution in [0.5, 0.6) is 0 Å². The number of hydrogen-bond acceptors (Lipinski definition) is 4. The highest BCUT2D eigenvalue weighted by molar-refractivity contribution is 7.22. The number of thiazole rings is 1. The van der Waals surface area contributed by atoms with Crippen LogP contribution in [0.25, 0.3) is 0 Å². The van der Waals surface area contributed by atoms with Crippen molar-refractivity contribution in [3.63, 3.8) is 0 Å². The van der Waals surface area contributed by atoms with Gasteiger partial charge < -0.3 is 0 Å². The third-order valence-corrected chi connectivity index (χ3v) is 1.47. The van der Waals surface area contributed by atoms with Crippen LogP contribution >= 0.6 is 11.3 Å². The fourth-order valence-electron chi connectivity index (χ4n) is 0.363. The first kappa shape index (κ1) is 6.22. The predicted octanol–water partition coefficient (Wildman–Crippen LogP) is -0.155. The van der Waals surface area contributed by atoms with Crippen molar-refractivity contribution >= 4 is 29.1 Å². The predicted molar refractivity (Wildman–Crippen MR) is 34.2 cm³/mol. The smallest absolute Gasteiger partial charge is 0.257 e. The van der Waals surface area contributed by atoms with Gasteiger partial charge in [0.25, 0.3) is 0 Å². The van der Waals surface area contributed by atoms with E-state index in [0.717, 1.165) is 17.5 Å². The minimum atomic E-state index is -0.520. The highest BCUT2D eigenvalue weighted by Gasteiger charge is 2.06. The summed E-state index contributed by atoms with van der Waals surface area (Å²) in [5, 5.41) is 9.91. The Balaban J connectivity index is 2.98. The molecule has 0 aliphatic rings. The van der Waals surface area contributed by atoms with Crippen LogP contribution in [0, 0.1) is 10.1 Å². The average Bonchev–Trinajstić information content (AvgIpc) is 2.14. The van der Waals surface area contributed by atoms with E-state index in [-0.39, 0.29) is 9.91 Å². The van der Waals surface area contributed by atoms with Gasteiger partial charge in [0.2, 0.25) is 0 Å². The maximum absolute atomic E-state index is 9.93. The lowest BCUT2D eigenvalue weighted by molar-refractivity contribution is -0.380. The number of aromatic nitrogens is 1. The molecule has 6 heteroatoms. The molecule has 1 heterocycles. The van der Waals surface area contributed by atoms with E-state index in [1.807, 2.05) is 0 Å². The zero-order valence-electron chi connectivity index (χ0n) is 4.27. The van der Waals surface area contributed by atoms with Crippen molar-refractivity contribution in [1.29, 1.82) is 0 Å². The van der Waals surface area contributed by atoms with E-state index in [0.29, 0.717) is 0 Å². The molecule has 0 amide bonds. The first-order chi connectivity index (χ1) is 4.20. The molecule has 1 aromatic heterocycles. The molecule has 2 radical (unpaired) electrons. The van der Waals surface area contributed by atoms with Gasteiger partial charge in [-0.15, -0.1) is 0 Å². The van der Waals surface area contributed by atoms with Crippen molar-refractivity contribution in [2.45, 2.75) is 0 Å². The van der Waals surface area contributed by atoms with Crippen molar-refractivity contribution in [3.05, 3.63) is 16.3 Å². The van der Waals surface area contributed by atoms with Gasteiger partial charge in [-0.25, -0.2) is 0 Å². The lowest BCUT2D eigenvalue weighted by Crippen LogP contribution is -1.95. The van der Waals surface area contributed by atoms with Gasteiger partial charge in [-0.1, -0.05) is 11.3 Å². The second-order valence-corrected chi connectivity index (χ2v) is 2.33. The molecule has 0 unspecified atom stereocenters. The molecule has 1 rings (SSSR count). The summed E-state index contributed by atoms with van der Waals surface area (Å²) in [6.07, 6.45) is 1.14. The molecular formula is C3HBN2O2S. The summed E-state index contributed by atoms with van der Waals surface area (Å²) in [6.45, 7) is 0. The van der Waals surface area contributed by atoms with Gasteiger partial charge >= 0.3 is 5.00 Å². The Hall–Kier alpha value is -0.905. The summed E-state index contributed by atoms with van der Waals surface area (Å²) in [5.41, 5.74) is 0. The Morgan fingerprint density at radius 3 is 2.78 bits per heavy atom. The highest BCUT2D eigenvalue weighted by Crippen LogP contribution is 2.12. The van der Waals surface area contributed by atoms with Crippen LogP contribution in [-0.4, -0.2) is 17.8 Å². The van der Waals surface area contributed by atoms with E-state index in [2.05, 4.69) is 4.98 Å². The molecule has 1 aromatic rings. The molecule has 0 saturated carbocycles. The highest BCUT2D eigenvalue weighted by atomic mass is 32.1. The number of nitrogens with zero attached hydrogens (tertiary/aromatic N) is 2. The first-order valence-electron chi connectivity index (χ1n) is 2.06. The van der Waals surface area contributed by atoms with E-state index in [9.17, 15) is 10.1 Å². The van der Waals surface area contributed by atoms with Crippen LogP contribution in [-0.2, 0) is 0 Å². The average molecular weight is 140 g/mol. The third kappa shape index (κ3) is 1.26. The molecule has 0 saturated heterocycles. The topological polar surface area (TPSA) is 56.0 Å². The van der Waals surface area contributed by atoms with Gasteiger partial charge in [0.1, 0.15) is 6.20 Å². The molecule has 4 nitrogen and oxygen atoms in total. The van der Waals surface area contributed by atoms with Crippen LogP contribution in [0.3, 0.4) is 0 Å². The minimum absolute atomic E-state index is 0.0208. The Labute approximate surface area is 56.1 Å². The lowest BCUT2D eigenvalue weighted by atomic mass is 10.2. The summed E-state index contributed by atoms with van der Waals surface area (Å²) >= 11 is 0.863. The van der Waals surface area contributed by atoms with Crippen molar-refractivity contribution in [1.82, 2.24) is 4.98 Å². The molecule has 0 N–H and O–H groups in total. The molecule has 0 fully saturated rings. The van der Waals surface area contributed by atoms with Crippen molar-refractivity contribution in [3.8, 4) is 0 Å². The maximum Gasteiger partial charge on any atom is 0.343 e. The number of hydrogen-bond donors (Lipinski definition) is 0. The van der Waals surface area contributed by atoms with E-state index in [1.54, 1.807) is 0 Å². The second-order valence-electron chi connectivity index (χ2n) is 1.29. The van der Waals surface area contributed by atoms with Gasteiger partial charge in [-0.05, 0) is 0 Å². The minimum Gasteiger partial charge on any atom is -0.257 e. The number of rotatable bonds is 1. The Morgan fingerprint density at radius 1 is 1.89 bits per heavy atom. The SMILES string of the molecule is [B]c1ncc([N+](=O)[O-])s1. The van der Waals surface area contributed by atoms with Crippen molar-refractivity contribution in [2.75, 3.05) is 0 Å². The fraction of sp³-hybridized carbons (Fsp3) is 0. The van der Waals surface area contributed by atoms with Crippen molar-refractivity contribution in [2.24, 2.45) is 0 Å². The van der Waals surface area contributed by atoms with Crippen LogP contribution in [0.15, 0.2) is 6.20 Å². The van der Waals surface area contributed by atoms with Gasteiger partial charge in [0.05, 0.1) is 4.92 Å². The zero-order chi connectivity index (χ0) is 6.85. The lowest BCUT2D eigenvalue weighted by Gasteiger charge is -1.76. The van der Waals surface area contributed by atoms with Gasteiger partial charge in [-0.3, -0.25) is 15.1 Å². The summed E-state index contributed by atoms with van der Waals surface area (Å²) in [5.74, 6) is 0. The van der Waals surface area contributed by atoms with Crippen LogP contribution < -0.4 is 4.91 Å². The molecule has 0 atom stereocenters. The van der Waals surface area contributed by atoms with E-state index in [1.165, 1.54) is 0 Å². The van der Waals surface area contributed by atoms with Gasteiger partial charge in [-0.2, -0.15) is 0 Å². The van der Waals surface area contributed by atoms with E-state index in [4.69, 9.17) is 7.85 Å². The summed E-state index contributed by atoms with van der Waals surface area (Å²) in [6, 6.07) is 0. The maximum atomic E-state index is 9.93. The molecule has 0 aliphatic carbocycles. The quantitative estimate of drug-likeness (QED) is 0.309. The molecular weight excluding hydrogens is 139 g/mol. The van der Waals surface area contributed by atoms with Crippen molar-refractivity contribution < 1.29 is 4.92 Å². The van der Waals surface area contributed by atoms with Crippen LogP contribution in [0.1, 0.15) is 0 Å². The van der Waals surface area contributed by atoms with Gasteiger partial charge in [0.15, 0.2) is 7.85 Å². The standard InChI is InChI=1S/C3HBN2O2S/c4-3-5-1-2(9-3)6(7)8/h1H. The Morgan fingerprint density at radius 2 is 2.56 bits per heavy atom. The molecule has 0 bridgehead atoms. The molecule has 0 spiro atoms. The molecule has 9 heavy (non-hydrogen) atoms. The monoisotopic (exact) mass is 140 g/mol. The van der Waals surface area contributed by atoms with Crippen LogP contribution in [0.4, 0.5) is 5.00 Å². The number of nitro groups is 1. The normalized spacial score (nSPS) is 9.33.